The van der Waals surface area contributed by atoms with Gasteiger partial charge in [-0.25, -0.2) is 0 Å². The Labute approximate surface area is 118 Å². The van der Waals surface area contributed by atoms with E-state index in [1.807, 2.05) is 6.07 Å². The van der Waals surface area contributed by atoms with Crippen LogP contribution in [0.4, 0.5) is 5.69 Å². The molecule has 1 atom stereocenters. The zero-order valence-electron chi connectivity index (χ0n) is 11.6. The molecule has 0 radical (unpaired) electrons. The van der Waals surface area contributed by atoms with Gasteiger partial charge in [0, 0.05) is 24.7 Å². The average Bonchev–Trinajstić information content (AvgIpc) is 2.73. The predicted molar refractivity (Wildman–Crippen MR) is 76.8 cm³/mol. The van der Waals surface area contributed by atoms with Gasteiger partial charge in [-0.3, -0.25) is 9.59 Å². The molecular formula is C15H20N2O3. The molecule has 1 unspecified atom stereocenters. The lowest BCUT2D eigenvalue weighted by Gasteiger charge is -2.24. The van der Waals surface area contributed by atoms with E-state index in [4.69, 9.17) is 5.11 Å². The quantitative estimate of drug-likeness (QED) is 0.824. The lowest BCUT2D eigenvalue weighted by Crippen LogP contribution is -2.32. The molecule has 1 aromatic rings. The number of carboxylic acid groups (broad SMARTS) is 1. The molecule has 5 nitrogen and oxygen atoms in total. The van der Waals surface area contributed by atoms with Crippen LogP contribution in [0.25, 0.3) is 0 Å². The number of fused-ring (bicyclic) bond motifs is 1. The van der Waals surface area contributed by atoms with E-state index in [2.05, 4.69) is 35.3 Å². The van der Waals surface area contributed by atoms with E-state index in [1.165, 1.54) is 11.3 Å². The average molecular weight is 276 g/mol. The van der Waals surface area contributed by atoms with Gasteiger partial charge in [0.25, 0.3) is 0 Å². The van der Waals surface area contributed by atoms with E-state index in [0.717, 1.165) is 19.4 Å². The van der Waals surface area contributed by atoms with Crippen molar-refractivity contribution in [3.63, 3.8) is 0 Å². The van der Waals surface area contributed by atoms with Crippen molar-refractivity contribution < 1.29 is 14.7 Å². The number of hydrogen-bond donors (Lipinski definition) is 2. The third-order valence-electron chi connectivity index (χ3n) is 3.59. The van der Waals surface area contributed by atoms with Gasteiger partial charge in [-0.15, -0.1) is 0 Å². The highest BCUT2D eigenvalue weighted by Gasteiger charge is 2.24. The summed E-state index contributed by atoms with van der Waals surface area (Å²) in [6, 6.07) is 8.79. The Morgan fingerprint density at radius 3 is 2.90 bits per heavy atom. The maximum absolute atomic E-state index is 11.5. The number of nitrogens with zero attached hydrogens (tertiary/aromatic N) is 1. The summed E-state index contributed by atoms with van der Waals surface area (Å²) in [6.07, 6.45) is 2.13. The molecule has 1 amide bonds. The van der Waals surface area contributed by atoms with Crippen LogP contribution in [0, 0.1) is 0 Å². The lowest BCUT2D eigenvalue weighted by molar-refractivity contribution is -0.137. The molecule has 0 saturated carbocycles. The monoisotopic (exact) mass is 276 g/mol. The summed E-state index contributed by atoms with van der Waals surface area (Å²) >= 11 is 0. The summed E-state index contributed by atoms with van der Waals surface area (Å²) < 4.78 is 0. The topological polar surface area (TPSA) is 69.6 Å². The highest BCUT2D eigenvalue weighted by Crippen LogP contribution is 2.31. The van der Waals surface area contributed by atoms with E-state index in [9.17, 15) is 9.59 Å². The summed E-state index contributed by atoms with van der Waals surface area (Å²) in [5.74, 6) is -1.21. The first-order chi connectivity index (χ1) is 9.58. The van der Waals surface area contributed by atoms with Crippen LogP contribution < -0.4 is 10.2 Å². The van der Waals surface area contributed by atoms with Gasteiger partial charge in [0.15, 0.2) is 0 Å². The van der Waals surface area contributed by atoms with Gasteiger partial charge in [0.05, 0.1) is 0 Å². The molecule has 1 aliphatic heterocycles. The number of benzene rings is 1. The van der Waals surface area contributed by atoms with Crippen LogP contribution >= 0.6 is 0 Å². The Morgan fingerprint density at radius 1 is 1.40 bits per heavy atom. The van der Waals surface area contributed by atoms with Crippen molar-refractivity contribution in [3.8, 4) is 0 Å². The first kappa shape index (κ1) is 14.4. The molecule has 1 aromatic carbocycles. The van der Waals surface area contributed by atoms with Gasteiger partial charge in [0.2, 0.25) is 5.91 Å². The molecule has 108 valence electrons. The Bertz CT molecular complexity index is 502. The van der Waals surface area contributed by atoms with Crippen molar-refractivity contribution in [2.24, 2.45) is 0 Å². The predicted octanol–water partition coefficient (Wildman–Crippen LogP) is 1.42. The molecule has 0 aliphatic carbocycles. The molecule has 20 heavy (non-hydrogen) atoms. The SMILES string of the molecule is CC1Cc2ccccc2N1CCCC(=O)NCC(=O)O. The minimum absolute atomic E-state index is 0.201. The highest BCUT2D eigenvalue weighted by molar-refractivity contribution is 5.81. The van der Waals surface area contributed by atoms with Crippen LogP contribution in [0.2, 0.25) is 0 Å². The van der Waals surface area contributed by atoms with E-state index in [0.29, 0.717) is 12.5 Å². The normalized spacial score (nSPS) is 16.9. The number of amides is 1. The fraction of sp³-hybridized carbons (Fsp3) is 0.467. The number of para-hydroxylation sites is 1. The van der Waals surface area contributed by atoms with Crippen molar-refractivity contribution >= 4 is 17.6 Å². The molecule has 2 rings (SSSR count). The number of carboxylic acids is 1. The smallest absolute Gasteiger partial charge is 0.322 e. The maximum atomic E-state index is 11.5. The standard InChI is InChI=1S/C15H20N2O3/c1-11-9-12-5-2-3-6-13(12)17(11)8-4-7-14(18)16-10-15(19)20/h2-3,5-6,11H,4,7-10H2,1H3,(H,16,18)(H,19,20). The third-order valence-corrected chi connectivity index (χ3v) is 3.59. The summed E-state index contributed by atoms with van der Waals surface area (Å²) in [4.78, 5) is 24.1. The number of carbonyl (C=O) groups excluding carboxylic acids is 1. The molecular weight excluding hydrogens is 256 g/mol. The summed E-state index contributed by atoms with van der Waals surface area (Å²) in [7, 11) is 0. The first-order valence-corrected chi connectivity index (χ1v) is 6.91. The summed E-state index contributed by atoms with van der Waals surface area (Å²) in [5.41, 5.74) is 2.61. The van der Waals surface area contributed by atoms with Gasteiger partial charge in [-0.2, -0.15) is 0 Å². The van der Waals surface area contributed by atoms with Crippen molar-refractivity contribution in [1.29, 1.82) is 0 Å². The second-order valence-electron chi connectivity index (χ2n) is 5.15. The van der Waals surface area contributed by atoms with E-state index >= 15 is 0 Å². The minimum Gasteiger partial charge on any atom is -0.480 e. The van der Waals surface area contributed by atoms with Crippen LogP contribution in [0.5, 0.6) is 0 Å². The van der Waals surface area contributed by atoms with E-state index in [-0.39, 0.29) is 12.5 Å². The Balaban J connectivity index is 1.80. The van der Waals surface area contributed by atoms with Crippen LogP contribution in [-0.2, 0) is 16.0 Å². The van der Waals surface area contributed by atoms with Crippen molar-refractivity contribution in [2.45, 2.75) is 32.2 Å². The second-order valence-corrected chi connectivity index (χ2v) is 5.15. The Kier molecular flexibility index (Phi) is 4.61. The number of anilines is 1. The summed E-state index contributed by atoms with van der Waals surface area (Å²) in [5, 5.41) is 10.9. The molecule has 0 saturated heterocycles. The van der Waals surface area contributed by atoms with Crippen molar-refractivity contribution in [1.82, 2.24) is 5.32 Å². The number of rotatable bonds is 6. The fourth-order valence-electron chi connectivity index (χ4n) is 2.64. The van der Waals surface area contributed by atoms with Crippen LogP contribution in [-0.4, -0.2) is 36.1 Å². The number of hydrogen-bond acceptors (Lipinski definition) is 3. The van der Waals surface area contributed by atoms with Gasteiger partial charge >= 0.3 is 5.97 Å². The molecule has 1 aliphatic rings. The van der Waals surface area contributed by atoms with Crippen molar-refractivity contribution in [2.75, 3.05) is 18.0 Å². The molecule has 2 N–H and O–H groups in total. The maximum Gasteiger partial charge on any atom is 0.322 e. The molecule has 1 heterocycles. The first-order valence-electron chi connectivity index (χ1n) is 6.91. The largest absolute Gasteiger partial charge is 0.480 e. The van der Waals surface area contributed by atoms with Crippen LogP contribution in [0.15, 0.2) is 24.3 Å². The van der Waals surface area contributed by atoms with Crippen LogP contribution in [0.3, 0.4) is 0 Å². The van der Waals surface area contributed by atoms with Gasteiger partial charge in [-0.05, 0) is 31.4 Å². The highest BCUT2D eigenvalue weighted by atomic mass is 16.4. The minimum atomic E-state index is -1.01. The van der Waals surface area contributed by atoms with Gasteiger partial charge in [-0.1, -0.05) is 18.2 Å². The molecule has 0 spiro atoms. The van der Waals surface area contributed by atoms with Crippen molar-refractivity contribution in [3.05, 3.63) is 29.8 Å². The summed E-state index contributed by atoms with van der Waals surface area (Å²) in [6.45, 7) is 2.70. The van der Waals surface area contributed by atoms with E-state index in [1.54, 1.807) is 0 Å². The van der Waals surface area contributed by atoms with Crippen LogP contribution in [0.1, 0.15) is 25.3 Å². The van der Waals surface area contributed by atoms with E-state index < -0.39 is 5.97 Å². The zero-order chi connectivity index (χ0) is 14.5. The molecule has 0 aromatic heterocycles. The Hall–Kier alpha value is -2.04. The Morgan fingerprint density at radius 2 is 2.15 bits per heavy atom. The fourth-order valence-corrected chi connectivity index (χ4v) is 2.64. The molecule has 0 fully saturated rings. The lowest BCUT2D eigenvalue weighted by atomic mass is 10.1. The number of aliphatic carboxylic acids is 1. The second kappa shape index (κ2) is 6.41. The zero-order valence-corrected chi connectivity index (χ0v) is 11.6. The molecule has 0 bridgehead atoms. The van der Waals surface area contributed by atoms with Gasteiger partial charge < -0.3 is 15.3 Å². The molecule has 5 heteroatoms. The number of nitrogens with one attached hydrogen (secondary N) is 1. The third kappa shape index (κ3) is 3.50. The number of carbonyl (C=O) groups is 2. The van der Waals surface area contributed by atoms with Gasteiger partial charge in [0.1, 0.15) is 6.54 Å².